The van der Waals surface area contributed by atoms with Gasteiger partial charge < -0.3 is 16.0 Å². The predicted molar refractivity (Wildman–Crippen MR) is 117 cm³/mol. The SMILES string of the molecule is O=C(CCNC(=O)c1ccc2ccccc2c1)NCC(=O)NCCc1ccccc1. The van der Waals surface area contributed by atoms with Crippen LogP contribution in [0.5, 0.6) is 0 Å². The van der Waals surface area contributed by atoms with E-state index in [-0.39, 0.29) is 37.2 Å². The maximum Gasteiger partial charge on any atom is 0.251 e. The van der Waals surface area contributed by atoms with Gasteiger partial charge in [0.05, 0.1) is 6.54 Å². The van der Waals surface area contributed by atoms with E-state index in [4.69, 9.17) is 0 Å². The summed E-state index contributed by atoms with van der Waals surface area (Å²) in [7, 11) is 0. The molecule has 30 heavy (non-hydrogen) atoms. The van der Waals surface area contributed by atoms with E-state index in [0.717, 1.165) is 22.8 Å². The maximum atomic E-state index is 12.3. The minimum atomic E-state index is -0.285. The quantitative estimate of drug-likeness (QED) is 0.513. The first-order valence-electron chi connectivity index (χ1n) is 9.96. The van der Waals surface area contributed by atoms with Crippen LogP contribution in [-0.2, 0) is 16.0 Å². The van der Waals surface area contributed by atoms with Crippen molar-refractivity contribution in [2.45, 2.75) is 12.8 Å². The van der Waals surface area contributed by atoms with Gasteiger partial charge in [-0.3, -0.25) is 14.4 Å². The molecule has 3 aromatic carbocycles. The Morgan fingerprint density at radius 1 is 0.667 bits per heavy atom. The van der Waals surface area contributed by atoms with Gasteiger partial charge >= 0.3 is 0 Å². The normalized spacial score (nSPS) is 10.4. The van der Waals surface area contributed by atoms with Crippen molar-refractivity contribution in [1.82, 2.24) is 16.0 Å². The molecule has 0 radical (unpaired) electrons. The standard InChI is InChI=1S/C24H25N3O3/c28-22(27-17-23(29)25-14-12-18-6-2-1-3-7-18)13-15-26-24(30)21-11-10-19-8-4-5-9-20(19)16-21/h1-11,16H,12-15,17H2,(H,25,29)(H,26,30)(H,27,28). The molecular weight excluding hydrogens is 378 g/mol. The number of nitrogens with one attached hydrogen (secondary N) is 3. The molecule has 0 atom stereocenters. The van der Waals surface area contributed by atoms with Crippen LogP contribution >= 0.6 is 0 Å². The zero-order valence-electron chi connectivity index (χ0n) is 16.7. The molecule has 0 saturated carbocycles. The molecular formula is C24H25N3O3. The van der Waals surface area contributed by atoms with Crippen LogP contribution in [0.4, 0.5) is 0 Å². The van der Waals surface area contributed by atoms with Crippen molar-refractivity contribution in [2.24, 2.45) is 0 Å². The Bertz CT molecular complexity index is 1020. The highest BCUT2D eigenvalue weighted by molar-refractivity contribution is 5.98. The summed E-state index contributed by atoms with van der Waals surface area (Å²) in [6.07, 6.45) is 0.845. The number of carbonyl (C=O) groups is 3. The summed E-state index contributed by atoms with van der Waals surface area (Å²) in [4.78, 5) is 36.0. The van der Waals surface area contributed by atoms with Gasteiger partial charge in [-0.2, -0.15) is 0 Å². The molecule has 3 aromatic rings. The van der Waals surface area contributed by atoms with Crippen molar-refractivity contribution in [1.29, 1.82) is 0 Å². The van der Waals surface area contributed by atoms with Crippen LogP contribution in [0.25, 0.3) is 10.8 Å². The first-order valence-corrected chi connectivity index (χ1v) is 9.96. The van der Waals surface area contributed by atoms with Gasteiger partial charge in [-0.05, 0) is 34.9 Å². The molecule has 154 valence electrons. The van der Waals surface area contributed by atoms with E-state index in [1.165, 1.54) is 0 Å². The second kappa shape index (κ2) is 10.8. The van der Waals surface area contributed by atoms with Crippen LogP contribution in [0, 0.1) is 0 Å². The number of rotatable bonds is 9. The van der Waals surface area contributed by atoms with Crippen molar-refractivity contribution in [3.63, 3.8) is 0 Å². The lowest BCUT2D eigenvalue weighted by molar-refractivity contribution is -0.126. The molecule has 0 heterocycles. The summed E-state index contributed by atoms with van der Waals surface area (Å²) >= 11 is 0. The molecule has 0 unspecified atom stereocenters. The molecule has 3 amide bonds. The predicted octanol–water partition coefficient (Wildman–Crippen LogP) is 2.43. The molecule has 3 rings (SSSR count). The van der Waals surface area contributed by atoms with Crippen LogP contribution in [-0.4, -0.2) is 37.4 Å². The van der Waals surface area contributed by atoms with Crippen LogP contribution in [0.15, 0.2) is 72.8 Å². The van der Waals surface area contributed by atoms with Crippen LogP contribution < -0.4 is 16.0 Å². The Labute approximate surface area is 175 Å². The molecule has 3 N–H and O–H groups in total. The third kappa shape index (κ3) is 6.44. The molecule has 0 saturated heterocycles. The van der Waals surface area contributed by atoms with Gasteiger partial charge in [-0.15, -0.1) is 0 Å². The van der Waals surface area contributed by atoms with Crippen molar-refractivity contribution >= 4 is 28.5 Å². The summed E-state index contributed by atoms with van der Waals surface area (Å²) in [6, 6.07) is 23.1. The van der Waals surface area contributed by atoms with Gasteiger partial charge in [-0.1, -0.05) is 60.7 Å². The summed E-state index contributed by atoms with van der Waals surface area (Å²) in [5.74, 6) is -0.751. The van der Waals surface area contributed by atoms with E-state index >= 15 is 0 Å². The first-order chi connectivity index (χ1) is 14.6. The lowest BCUT2D eigenvalue weighted by Crippen LogP contribution is -2.38. The highest BCUT2D eigenvalue weighted by Gasteiger charge is 2.09. The third-order valence-electron chi connectivity index (χ3n) is 4.67. The molecule has 0 bridgehead atoms. The number of hydrogen-bond acceptors (Lipinski definition) is 3. The number of fused-ring (bicyclic) bond motifs is 1. The van der Waals surface area contributed by atoms with Gasteiger partial charge in [0.15, 0.2) is 0 Å². The smallest absolute Gasteiger partial charge is 0.251 e. The number of carbonyl (C=O) groups excluding carboxylic acids is 3. The fourth-order valence-electron chi connectivity index (χ4n) is 3.04. The van der Waals surface area contributed by atoms with Gasteiger partial charge in [0.2, 0.25) is 11.8 Å². The summed E-state index contributed by atoms with van der Waals surface area (Å²) in [5.41, 5.74) is 1.69. The van der Waals surface area contributed by atoms with Crippen molar-refractivity contribution in [3.05, 3.63) is 83.9 Å². The topological polar surface area (TPSA) is 87.3 Å². The van der Waals surface area contributed by atoms with Crippen molar-refractivity contribution in [2.75, 3.05) is 19.6 Å². The third-order valence-corrected chi connectivity index (χ3v) is 4.67. The highest BCUT2D eigenvalue weighted by Crippen LogP contribution is 2.15. The first kappa shape index (κ1) is 21.0. The number of hydrogen-bond donors (Lipinski definition) is 3. The van der Waals surface area contributed by atoms with E-state index < -0.39 is 0 Å². The highest BCUT2D eigenvalue weighted by atomic mass is 16.2. The molecule has 0 spiro atoms. The zero-order chi connectivity index (χ0) is 21.2. The van der Waals surface area contributed by atoms with Gasteiger partial charge in [0.25, 0.3) is 5.91 Å². The molecule has 0 aliphatic rings. The Morgan fingerprint density at radius 3 is 2.20 bits per heavy atom. The van der Waals surface area contributed by atoms with E-state index in [1.54, 1.807) is 6.07 Å². The minimum Gasteiger partial charge on any atom is -0.354 e. The average Bonchev–Trinajstić information content (AvgIpc) is 2.78. The van der Waals surface area contributed by atoms with Crippen molar-refractivity contribution < 1.29 is 14.4 Å². The molecule has 0 aliphatic heterocycles. The van der Waals surface area contributed by atoms with Gasteiger partial charge in [0.1, 0.15) is 0 Å². The summed E-state index contributed by atoms with van der Waals surface area (Å²) < 4.78 is 0. The Kier molecular flexibility index (Phi) is 7.55. The number of benzene rings is 3. The van der Waals surface area contributed by atoms with Gasteiger partial charge in [0, 0.05) is 25.1 Å². The van der Waals surface area contributed by atoms with Gasteiger partial charge in [-0.25, -0.2) is 0 Å². The Morgan fingerprint density at radius 2 is 1.40 bits per heavy atom. The summed E-state index contributed by atoms with van der Waals surface area (Å²) in [5, 5.41) is 10.1. The molecule has 6 heteroatoms. The second-order valence-electron chi connectivity index (χ2n) is 6.93. The molecule has 0 aromatic heterocycles. The van der Waals surface area contributed by atoms with E-state index in [1.807, 2.05) is 66.7 Å². The lowest BCUT2D eigenvalue weighted by Gasteiger charge is -2.08. The second-order valence-corrected chi connectivity index (χ2v) is 6.93. The molecule has 0 aliphatic carbocycles. The van der Waals surface area contributed by atoms with E-state index in [9.17, 15) is 14.4 Å². The Hall–Kier alpha value is -3.67. The molecule has 0 fully saturated rings. The fourth-order valence-corrected chi connectivity index (χ4v) is 3.04. The monoisotopic (exact) mass is 403 g/mol. The van der Waals surface area contributed by atoms with E-state index in [0.29, 0.717) is 12.1 Å². The van der Waals surface area contributed by atoms with Crippen LogP contribution in [0.2, 0.25) is 0 Å². The van der Waals surface area contributed by atoms with Crippen LogP contribution in [0.3, 0.4) is 0 Å². The average molecular weight is 403 g/mol. The van der Waals surface area contributed by atoms with E-state index in [2.05, 4.69) is 16.0 Å². The zero-order valence-corrected chi connectivity index (χ0v) is 16.7. The summed E-state index contributed by atoms with van der Waals surface area (Å²) in [6.45, 7) is 0.639. The minimum absolute atomic E-state index is 0.0771. The Balaban J connectivity index is 1.32. The largest absolute Gasteiger partial charge is 0.354 e. The van der Waals surface area contributed by atoms with Crippen molar-refractivity contribution in [3.8, 4) is 0 Å². The maximum absolute atomic E-state index is 12.3. The lowest BCUT2D eigenvalue weighted by atomic mass is 10.1. The van der Waals surface area contributed by atoms with Crippen LogP contribution in [0.1, 0.15) is 22.3 Å². The molecule has 6 nitrogen and oxygen atoms in total. The fraction of sp³-hybridized carbons (Fsp3) is 0.208. The number of amides is 3.